The Balaban J connectivity index is 2.99. The summed E-state index contributed by atoms with van der Waals surface area (Å²) in [6.45, 7) is 4.06. The molecule has 0 atom stereocenters. The third-order valence-electron chi connectivity index (χ3n) is 1.93. The Labute approximate surface area is 109 Å². The zero-order valence-electron chi connectivity index (χ0n) is 8.21. The van der Waals surface area contributed by atoms with Gasteiger partial charge in [-0.3, -0.25) is 0 Å². The number of halogens is 2. The number of hydrogen-bond donors (Lipinski definition) is 1. The molecule has 0 fully saturated rings. The van der Waals surface area contributed by atoms with E-state index in [1.807, 2.05) is 30.3 Å². The maximum absolute atomic E-state index is 8.79. The maximum atomic E-state index is 8.79. The molecule has 0 amide bonds. The summed E-state index contributed by atoms with van der Waals surface area (Å²) >= 11 is 8.00. The van der Waals surface area contributed by atoms with Gasteiger partial charge in [0.15, 0.2) is 0 Å². The van der Waals surface area contributed by atoms with Crippen LogP contribution in [-0.4, -0.2) is 11.7 Å². The highest BCUT2D eigenvalue weighted by Gasteiger charge is 2.02. The largest absolute Gasteiger partial charge is 0.396 e. The Morgan fingerprint density at radius 3 is 2.47 bits per heavy atom. The summed E-state index contributed by atoms with van der Waals surface area (Å²) in [6.07, 6.45) is 2.62. The van der Waals surface area contributed by atoms with Crippen molar-refractivity contribution in [1.82, 2.24) is 0 Å². The van der Waals surface area contributed by atoms with Gasteiger partial charge in [0.05, 0.1) is 0 Å². The van der Waals surface area contributed by atoms with E-state index in [2.05, 4.69) is 29.2 Å². The zero-order chi connectivity index (χ0) is 11.3. The first kappa shape index (κ1) is 12.7. The predicted molar refractivity (Wildman–Crippen MR) is 74.3 cm³/mol. The van der Waals surface area contributed by atoms with Gasteiger partial charge in [-0.05, 0) is 52.3 Å². The van der Waals surface area contributed by atoms with Gasteiger partial charge in [-0.2, -0.15) is 0 Å². The van der Waals surface area contributed by atoms with Crippen LogP contribution in [0.3, 0.4) is 0 Å². The lowest BCUT2D eigenvalue weighted by molar-refractivity contribution is 0.303. The van der Waals surface area contributed by atoms with Crippen molar-refractivity contribution < 1.29 is 5.11 Å². The van der Waals surface area contributed by atoms with Crippen LogP contribution in [0.25, 0.3) is 5.57 Å². The molecule has 0 saturated heterocycles. The highest BCUT2D eigenvalue weighted by atomic mass is 127. The van der Waals surface area contributed by atoms with Gasteiger partial charge in [-0.1, -0.05) is 36.4 Å². The van der Waals surface area contributed by atoms with E-state index in [9.17, 15) is 0 Å². The SMILES string of the molecule is C=C(I)/C(=C\CCO)c1ccc(Cl)cc1. The van der Waals surface area contributed by atoms with Crippen LogP contribution in [0.15, 0.2) is 40.5 Å². The molecule has 0 radical (unpaired) electrons. The van der Waals surface area contributed by atoms with E-state index in [1.165, 1.54) is 0 Å². The van der Waals surface area contributed by atoms with Crippen LogP contribution in [-0.2, 0) is 0 Å². The van der Waals surface area contributed by atoms with E-state index in [0.717, 1.165) is 19.7 Å². The van der Waals surface area contributed by atoms with Gasteiger partial charge in [0.1, 0.15) is 0 Å². The Morgan fingerprint density at radius 1 is 1.40 bits per heavy atom. The second-order valence-electron chi connectivity index (χ2n) is 3.04. The van der Waals surface area contributed by atoms with E-state index in [-0.39, 0.29) is 6.61 Å². The molecule has 3 heteroatoms. The van der Waals surface area contributed by atoms with E-state index in [4.69, 9.17) is 16.7 Å². The highest BCUT2D eigenvalue weighted by Crippen LogP contribution is 2.27. The van der Waals surface area contributed by atoms with Crippen LogP contribution < -0.4 is 0 Å². The van der Waals surface area contributed by atoms with Crippen LogP contribution >= 0.6 is 34.2 Å². The van der Waals surface area contributed by atoms with Gasteiger partial charge < -0.3 is 5.11 Å². The number of benzene rings is 1. The topological polar surface area (TPSA) is 20.2 Å². The van der Waals surface area contributed by atoms with Crippen molar-refractivity contribution in [1.29, 1.82) is 0 Å². The number of hydrogen-bond acceptors (Lipinski definition) is 1. The smallest absolute Gasteiger partial charge is 0.0465 e. The van der Waals surface area contributed by atoms with E-state index in [0.29, 0.717) is 6.42 Å². The average Bonchev–Trinajstić information content (AvgIpc) is 2.21. The number of aliphatic hydroxyl groups is 1. The second-order valence-corrected chi connectivity index (χ2v) is 4.78. The average molecular weight is 335 g/mol. The van der Waals surface area contributed by atoms with Gasteiger partial charge in [-0.15, -0.1) is 0 Å². The molecule has 80 valence electrons. The van der Waals surface area contributed by atoms with Crippen molar-refractivity contribution >= 4 is 39.8 Å². The molecule has 1 rings (SSSR count). The summed E-state index contributed by atoms with van der Waals surface area (Å²) in [5.41, 5.74) is 2.13. The fourth-order valence-corrected chi connectivity index (χ4v) is 1.88. The summed E-state index contributed by atoms with van der Waals surface area (Å²) in [5, 5.41) is 9.51. The van der Waals surface area contributed by atoms with Crippen LogP contribution in [0.4, 0.5) is 0 Å². The van der Waals surface area contributed by atoms with Crippen LogP contribution in [0.2, 0.25) is 5.02 Å². The Bertz CT molecular complexity index is 368. The van der Waals surface area contributed by atoms with E-state index in [1.54, 1.807) is 0 Å². The fraction of sp³-hybridized carbons (Fsp3) is 0.167. The summed E-state index contributed by atoms with van der Waals surface area (Å²) in [4.78, 5) is 0. The summed E-state index contributed by atoms with van der Waals surface area (Å²) in [6, 6.07) is 7.61. The molecule has 0 spiro atoms. The number of rotatable bonds is 4. The number of allylic oxidation sites excluding steroid dienone is 2. The summed E-state index contributed by atoms with van der Waals surface area (Å²) < 4.78 is 0.961. The molecule has 0 unspecified atom stereocenters. The van der Waals surface area contributed by atoms with Gasteiger partial charge in [0.25, 0.3) is 0 Å². The normalized spacial score (nSPS) is 11.5. The van der Waals surface area contributed by atoms with Crippen molar-refractivity contribution in [2.75, 3.05) is 6.61 Å². The maximum Gasteiger partial charge on any atom is 0.0465 e. The number of aliphatic hydroxyl groups excluding tert-OH is 1. The molecule has 15 heavy (non-hydrogen) atoms. The molecular weight excluding hydrogens is 322 g/mol. The van der Waals surface area contributed by atoms with Crippen molar-refractivity contribution in [2.24, 2.45) is 0 Å². The molecule has 0 aromatic heterocycles. The molecular formula is C12H12ClIO. The van der Waals surface area contributed by atoms with Crippen LogP contribution in [0.5, 0.6) is 0 Å². The molecule has 0 heterocycles. The van der Waals surface area contributed by atoms with Crippen LogP contribution in [0.1, 0.15) is 12.0 Å². The lowest BCUT2D eigenvalue weighted by Crippen LogP contribution is -1.86. The molecule has 1 N–H and O–H groups in total. The Kier molecular flexibility index (Phi) is 5.36. The molecule has 0 aliphatic heterocycles. The lowest BCUT2D eigenvalue weighted by atomic mass is 10.1. The van der Waals surface area contributed by atoms with Gasteiger partial charge in [0, 0.05) is 15.2 Å². The molecule has 0 aliphatic rings. The fourth-order valence-electron chi connectivity index (χ4n) is 1.22. The predicted octanol–water partition coefficient (Wildman–Crippen LogP) is 4.05. The molecule has 0 bridgehead atoms. The third kappa shape index (κ3) is 3.97. The van der Waals surface area contributed by atoms with Crippen molar-refractivity contribution in [2.45, 2.75) is 6.42 Å². The van der Waals surface area contributed by atoms with Crippen LogP contribution in [0, 0.1) is 0 Å². The van der Waals surface area contributed by atoms with Gasteiger partial charge in [-0.25, -0.2) is 0 Å². The minimum Gasteiger partial charge on any atom is -0.396 e. The summed E-state index contributed by atoms with van der Waals surface area (Å²) in [5.74, 6) is 0. The molecule has 0 saturated carbocycles. The minimum absolute atomic E-state index is 0.154. The monoisotopic (exact) mass is 334 g/mol. The first-order valence-corrected chi connectivity index (χ1v) is 6.02. The zero-order valence-corrected chi connectivity index (χ0v) is 11.1. The molecule has 0 aliphatic carbocycles. The minimum atomic E-state index is 0.154. The first-order valence-electron chi connectivity index (χ1n) is 4.57. The third-order valence-corrected chi connectivity index (χ3v) is 2.76. The van der Waals surface area contributed by atoms with Crippen molar-refractivity contribution in [3.8, 4) is 0 Å². The van der Waals surface area contributed by atoms with Gasteiger partial charge in [0.2, 0.25) is 0 Å². The van der Waals surface area contributed by atoms with E-state index >= 15 is 0 Å². The Morgan fingerprint density at radius 2 is 2.00 bits per heavy atom. The quantitative estimate of drug-likeness (QED) is 0.650. The van der Waals surface area contributed by atoms with E-state index < -0.39 is 0 Å². The van der Waals surface area contributed by atoms with Crippen molar-refractivity contribution in [3.05, 3.63) is 51.1 Å². The lowest BCUT2D eigenvalue weighted by Gasteiger charge is -2.06. The standard InChI is InChI=1S/C12H12ClIO/c1-9(14)12(3-2-8-15)10-4-6-11(13)7-5-10/h3-7,15H,1-2,8H2/b12-3+. The highest BCUT2D eigenvalue weighted by molar-refractivity contribution is 14.1. The Hall–Kier alpha value is -0.320. The molecule has 1 aromatic rings. The molecule has 1 nitrogen and oxygen atoms in total. The summed E-state index contributed by atoms with van der Waals surface area (Å²) in [7, 11) is 0. The van der Waals surface area contributed by atoms with Gasteiger partial charge >= 0.3 is 0 Å². The first-order chi connectivity index (χ1) is 7.15. The molecule has 1 aromatic carbocycles. The van der Waals surface area contributed by atoms with Crippen molar-refractivity contribution in [3.63, 3.8) is 0 Å². The second kappa shape index (κ2) is 6.30.